The summed E-state index contributed by atoms with van der Waals surface area (Å²) in [6, 6.07) is 11.4. The third-order valence-electron chi connectivity index (χ3n) is 5.94. The summed E-state index contributed by atoms with van der Waals surface area (Å²) < 4.78 is 18.7. The maximum atomic E-state index is 13.2. The van der Waals surface area contributed by atoms with E-state index in [0.29, 0.717) is 36.0 Å². The Balaban J connectivity index is 1.43. The molecule has 4 rings (SSSR count). The van der Waals surface area contributed by atoms with Crippen LogP contribution in [0, 0.1) is 11.7 Å². The molecule has 2 aliphatic rings. The molecule has 0 aromatic heterocycles. The van der Waals surface area contributed by atoms with Gasteiger partial charge in [-0.05, 0) is 48.2 Å². The monoisotopic (exact) mass is 410 g/mol. The lowest BCUT2D eigenvalue weighted by molar-refractivity contribution is -0.121. The Bertz CT molecular complexity index is 907. The van der Waals surface area contributed by atoms with E-state index in [0.717, 1.165) is 12.0 Å². The van der Waals surface area contributed by atoms with Gasteiger partial charge >= 0.3 is 0 Å². The van der Waals surface area contributed by atoms with Crippen molar-refractivity contribution >= 4 is 23.2 Å². The largest absolute Gasteiger partial charge is 0.482 e. The molecule has 0 bridgehead atoms. The first-order chi connectivity index (χ1) is 14.6. The fraction of sp³-hybridized carbons (Fsp3) is 0.417. The number of carbonyl (C=O) groups excluding carboxylic acids is 2. The average Bonchev–Trinajstić information content (AvgIpc) is 2.76. The van der Waals surface area contributed by atoms with Gasteiger partial charge in [0.1, 0.15) is 11.6 Å². The molecule has 6 heteroatoms. The van der Waals surface area contributed by atoms with Crippen LogP contribution in [0.25, 0.3) is 0 Å². The van der Waals surface area contributed by atoms with E-state index in [1.54, 1.807) is 35.2 Å². The number of amides is 2. The van der Waals surface area contributed by atoms with Crippen LogP contribution >= 0.6 is 0 Å². The number of anilines is 2. The summed E-state index contributed by atoms with van der Waals surface area (Å²) in [5, 5.41) is 2.96. The second kappa shape index (κ2) is 9.28. The molecular formula is C24H27FN2O3. The van der Waals surface area contributed by atoms with Gasteiger partial charge in [-0.15, -0.1) is 0 Å². The molecule has 158 valence electrons. The van der Waals surface area contributed by atoms with E-state index in [1.807, 2.05) is 0 Å². The zero-order chi connectivity index (χ0) is 20.9. The molecule has 0 radical (unpaired) electrons. The van der Waals surface area contributed by atoms with Crippen LogP contribution in [0.5, 0.6) is 5.75 Å². The van der Waals surface area contributed by atoms with Gasteiger partial charge in [-0.25, -0.2) is 4.39 Å². The van der Waals surface area contributed by atoms with Crippen LogP contribution in [-0.4, -0.2) is 18.4 Å². The standard InChI is InChI=1S/C24H27FN2O3/c25-19-9-6-18(7-10-19)15-27-21-14-20(11-12-22(21)30-16-24(27)29)26-23(28)13-8-17-4-2-1-3-5-17/h6-7,9-12,14,17H,1-5,8,13,15-16H2,(H,26,28). The summed E-state index contributed by atoms with van der Waals surface area (Å²) >= 11 is 0. The van der Waals surface area contributed by atoms with E-state index in [4.69, 9.17) is 4.74 Å². The van der Waals surface area contributed by atoms with Crippen LogP contribution in [0.4, 0.5) is 15.8 Å². The molecule has 30 heavy (non-hydrogen) atoms. The van der Waals surface area contributed by atoms with E-state index >= 15 is 0 Å². The van der Waals surface area contributed by atoms with Crippen LogP contribution in [-0.2, 0) is 16.1 Å². The van der Waals surface area contributed by atoms with Crippen molar-refractivity contribution in [2.24, 2.45) is 5.92 Å². The highest BCUT2D eigenvalue weighted by Crippen LogP contribution is 2.36. The first kappa shape index (κ1) is 20.4. The van der Waals surface area contributed by atoms with Gasteiger partial charge in [0.25, 0.3) is 5.91 Å². The zero-order valence-corrected chi connectivity index (χ0v) is 17.0. The van der Waals surface area contributed by atoms with Crippen molar-refractivity contribution in [3.8, 4) is 5.75 Å². The van der Waals surface area contributed by atoms with Crippen LogP contribution in [0.3, 0.4) is 0 Å². The first-order valence-corrected chi connectivity index (χ1v) is 10.7. The molecule has 0 atom stereocenters. The van der Waals surface area contributed by atoms with Gasteiger partial charge in [-0.3, -0.25) is 9.59 Å². The highest BCUT2D eigenvalue weighted by molar-refractivity contribution is 5.99. The van der Waals surface area contributed by atoms with Gasteiger partial charge in [0.2, 0.25) is 5.91 Å². The summed E-state index contributed by atoms with van der Waals surface area (Å²) in [6.07, 6.45) is 7.75. The number of fused-ring (bicyclic) bond motifs is 1. The second-order valence-electron chi connectivity index (χ2n) is 8.17. The number of nitrogens with zero attached hydrogens (tertiary/aromatic N) is 1. The molecule has 2 aromatic rings. The van der Waals surface area contributed by atoms with Gasteiger partial charge in [-0.2, -0.15) is 0 Å². The normalized spacial score (nSPS) is 16.7. The lowest BCUT2D eigenvalue weighted by Gasteiger charge is -2.30. The van der Waals surface area contributed by atoms with Crippen LogP contribution in [0.15, 0.2) is 42.5 Å². The van der Waals surface area contributed by atoms with E-state index in [-0.39, 0.29) is 24.2 Å². The first-order valence-electron chi connectivity index (χ1n) is 10.7. The van der Waals surface area contributed by atoms with Crippen LogP contribution in [0.1, 0.15) is 50.5 Å². The number of ether oxygens (including phenoxy) is 1. The Kier molecular flexibility index (Phi) is 6.31. The molecular weight excluding hydrogens is 383 g/mol. The van der Waals surface area contributed by atoms with E-state index in [2.05, 4.69) is 5.32 Å². The van der Waals surface area contributed by atoms with Crippen molar-refractivity contribution in [1.29, 1.82) is 0 Å². The summed E-state index contributed by atoms with van der Waals surface area (Å²) in [5.74, 6) is 0.758. The minimum absolute atomic E-state index is 0.00587. The molecule has 0 spiro atoms. The second-order valence-corrected chi connectivity index (χ2v) is 8.17. The molecule has 0 saturated heterocycles. The minimum atomic E-state index is -0.314. The molecule has 1 aliphatic heterocycles. The van der Waals surface area contributed by atoms with Crippen molar-refractivity contribution in [3.63, 3.8) is 0 Å². The minimum Gasteiger partial charge on any atom is -0.482 e. The lowest BCUT2D eigenvalue weighted by atomic mass is 9.86. The molecule has 2 amide bonds. The molecule has 1 saturated carbocycles. The maximum Gasteiger partial charge on any atom is 0.265 e. The summed E-state index contributed by atoms with van der Waals surface area (Å²) in [5.41, 5.74) is 2.07. The summed E-state index contributed by atoms with van der Waals surface area (Å²) in [6.45, 7) is 0.274. The van der Waals surface area contributed by atoms with Crippen molar-refractivity contribution in [1.82, 2.24) is 0 Å². The quantitative estimate of drug-likeness (QED) is 0.725. The zero-order valence-electron chi connectivity index (χ0n) is 17.0. The van der Waals surface area contributed by atoms with Crippen LogP contribution in [0.2, 0.25) is 0 Å². The fourth-order valence-electron chi connectivity index (χ4n) is 4.26. The summed E-state index contributed by atoms with van der Waals surface area (Å²) in [7, 11) is 0. The predicted octanol–water partition coefficient (Wildman–Crippen LogP) is 5.05. The van der Waals surface area contributed by atoms with Gasteiger partial charge in [0, 0.05) is 12.1 Å². The van der Waals surface area contributed by atoms with Crippen molar-refractivity contribution < 1.29 is 18.7 Å². The Labute approximate surface area is 176 Å². The number of rotatable bonds is 6. The van der Waals surface area contributed by atoms with Crippen LogP contribution < -0.4 is 15.0 Å². The van der Waals surface area contributed by atoms with Crippen molar-refractivity contribution in [2.75, 3.05) is 16.8 Å². The Morgan fingerprint density at radius 2 is 1.87 bits per heavy atom. The number of nitrogens with one attached hydrogen (secondary N) is 1. The Hall–Kier alpha value is -2.89. The number of carbonyl (C=O) groups is 2. The third kappa shape index (κ3) is 4.99. The van der Waals surface area contributed by atoms with Gasteiger partial charge < -0.3 is 15.0 Å². The topological polar surface area (TPSA) is 58.6 Å². The highest BCUT2D eigenvalue weighted by Gasteiger charge is 2.26. The maximum absolute atomic E-state index is 13.2. The Morgan fingerprint density at radius 3 is 2.63 bits per heavy atom. The smallest absolute Gasteiger partial charge is 0.265 e. The van der Waals surface area contributed by atoms with E-state index < -0.39 is 0 Å². The van der Waals surface area contributed by atoms with Gasteiger partial charge in [0.15, 0.2) is 6.61 Å². The van der Waals surface area contributed by atoms with Crippen molar-refractivity contribution in [2.45, 2.75) is 51.5 Å². The fourth-order valence-corrected chi connectivity index (χ4v) is 4.26. The summed E-state index contributed by atoms with van der Waals surface area (Å²) in [4.78, 5) is 26.5. The van der Waals surface area contributed by atoms with Gasteiger partial charge in [0.05, 0.1) is 12.2 Å². The predicted molar refractivity (Wildman–Crippen MR) is 114 cm³/mol. The molecule has 1 aliphatic carbocycles. The molecule has 0 unspecified atom stereocenters. The number of benzene rings is 2. The molecule has 1 N–H and O–H groups in total. The highest BCUT2D eigenvalue weighted by atomic mass is 19.1. The molecule has 1 fully saturated rings. The van der Waals surface area contributed by atoms with Gasteiger partial charge in [-0.1, -0.05) is 44.2 Å². The van der Waals surface area contributed by atoms with Crippen molar-refractivity contribution in [3.05, 3.63) is 53.8 Å². The van der Waals surface area contributed by atoms with E-state index in [1.165, 1.54) is 44.2 Å². The van der Waals surface area contributed by atoms with E-state index in [9.17, 15) is 14.0 Å². The Morgan fingerprint density at radius 1 is 1.10 bits per heavy atom. The molecule has 2 aromatic carbocycles. The average molecular weight is 410 g/mol. The lowest BCUT2D eigenvalue weighted by Crippen LogP contribution is -2.38. The third-order valence-corrected chi connectivity index (χ3v) is 5.94. The SMILES string of the molecule is O=C(CCC1CCCCC1)Nc1ccc2c(c1)N(Cc1ccc(F)cc1)C(=O)CO2. The number of hydrogen-bond donors (Lipinski definition) is 1. The number of halogens is 1. The number of hydrogen-bond acceptors (Lipinski definition) is 3. The molecule has 5 nitrogen and oxygen atoms in total. The molecule has 1 heterocycles.